The lowest BCUT2D eigenvalue weighted by atomic mass is 10.1. The van der Waals surface area contributed by atoms with Gasteiger partial charge in [0.15, 0.2) is 5.13 Å². The second-order valence-corrected chi connectivity index (χ2v) is 4.86. The quantitative estimate of drug-likeness (QED) is 0.856. The minimum absolute atomic E-state index is 0.0644. The first kappa shape index (κ1) is 11.8. The fourth-order valence-corrected chi connectivity index (χ4v) is 2.40. The first-order valence-electron chi connectivity index (χ1n) is 5.32. The number of anilines is 1. The number of hydrogen-bond donors (Lipinski definition) is 2. The molecule has 2 amide bonds. The van der Waals surface area contributed by atoms with Crippen LogP contribution in [0.4, 0.5) is 9.93 Å². The van der Waals surface area contributed by atoms with Crippen LogP contribution in [0.3, 0.4) is 0 Å². The van der Waals surface area contributed by atoms with E-state index < -0.39 is 5.97 Å². The highest BCUT2D eigenvalue weighted by Crippen LogP contribution is 2.20. The van der Waals surface area contributed by atoms with Crippen LogP contribution in [0.1, 0.15) is 12.8 Å². The SMILES string of the molecule is O=C(O)CC1CCN(C(=O)Nc2nccs2)C1. The minimum Gasteiger partial charge on any atom is -0.481 e. The van der Waals surface area contributed by atoms with Crippen molar-refractivity contribution in [1.29, 1.82) is 0 Å². The van der Waals surface area contributed by atoms with Gasteiger partial charge >= 0.3 is 12.0 Å². The summed E-state index contributed by atoms with van der Waals surface area (Å²) in [6, 6.07) is -0.201. The van der Waals surface area contributed by atoms with Crippen molar-refractivity contribution in [3.8, 4) is 0 Å². The summed E-state index contributed by atoms with van der Waals surface area (Å²) in [4.78, 5) is 27.9. The third-order valence-electron chi connectivity index (χ3n) is 2.68. The number of urea groups is 1. The zero-order valence-electron chi connectivity index (χ0n) is 9.13. The third-order valence-corrected chi connectivity index (χ3v) is 3.37. The monoisotopic (exact) mass is 255 g/mol. The number of hydrogen-bond acceptors (Lipinski definition) is 4. The number of rotatable bonds is 3. The number of carboxylic acids is 1. The topological polar surface area (TPSA) is 82.5 Å². The Hall–Kier alpha value is -1.63. The van der Waals surface area contributed by atoms with E-state index in [1.165, 1.54) is 11.3 Å². The van der Waals surface area contributed by atoms with E-state index in [9.17, 15) is 9.59 Å². The number of amides is 2. The van der Waals surface area contributed by atoms with Crippen LogP contribution in [0, 0.1) is 5.92 Å². The molecule has 7 heteroatoms. The molecule has 1 aliphatic rings. The van der Waals surface area contributed by atoms with Gasteiger partial charge in [-0.15, -0.1) is 11.3 Å². The number of likely N-dealkylation sites (tertiary alicyclic amines) is 1. The second kappa shape index (κ2) is 5.13. The Kier molecular flexibility index (Phi) is 3.58. The molecule has 0 aliphatic carbocycles. The molecule has 1 aliphatic heterocycles. The summed E-state index contributed by atoms with van der Waals surface area (Å²) in [5, 5.41) is 13.7. The van der Waals surface area contributed by atoms with Gasteiger partial charge < -0.3 is 10.0 Å². The molecule has 6 nitrogen and oxygen atoms in total. The standard InChI is InChI=1S/C10H13N3O3S/c14-8(15)5-7-1-3-13(6-7)10(16)12-9-11-2-4-17-9/h2,4,7H,1,3,5-6H2,(H,14,15)(H,11,12,16). The van der Waals surface area contributed by atoms with Crippen LogP contribution < -0.4 is 5.32 Å². The number of aromatic nitrogens is 1. The summed E-state index contributed by atoms with van der Waals surface area (Å²) in [6.45, 7) is 1.11. The third kappa shape index (κ3) is 3.16. The van der Waals surface area contributed by atoms with Crippen LogP contribution in [0.25, 0.3) is 0 Å². The van der Waals surface area contributed by atoms with Gasteiger partial charge in [0.25, 0.3) is 0 Å². The molecule has 2 heterocycles. The largest absolute Gasteiger partial charge is 0.481 e. The maximum absolute atomic E-state index is 11.8. The van der Waals surface area contributed by atoms with Crippen LogP contribution in [-0.2, 0) is 4.79 Å². The second-order valence-electron chi connectivity index (χ2n) is 3.97. The van der Waals surface area contributed by atoms with E-state index in [1.807, 2.05) is 0 Å². The molecule has 1 fully saturated rings. The number of thiazole rings is 1. The first-order valence-corrected chi connectivity index (χ1v) is 6.20. The molecule has 0 radical (unpaired) electrons. The maximum Gasteiger partial charge on any atom is 0.323 e. The van der Waals surface area contributed by atoms with Crippen LogP contribution in [0.5, 0.6) is 0 Å². The molecule has 2 rings (SSSR count). The molecule has 0 bridgehead atoms. The van der Waals surface area contributed by atoms with Crippen LogP contribution in [0.15, 0.2) is 11.6 Å². The Morgan fingerprint density at radius 1 is 1.65 bits per heavy atom. The van der Waals surface area contributed by atoms with Crippen molar-refractivity contribution in [2.75, 3.05) is 18.4 Å². The number of carbonyl (C=O) groups is 2. The highest BCUT2D eigenvalue weighted by atomic mass is 32.1. The Labute approximate surface area is 102 Å². The molecule has 0 spiro atoms. The van der Waals surface area contributed by atoms with Crippen molar-refractivity contribution in [1.82, 2.24) is 9.88 Å². The summed E-state index contributed by atoms with van der Waals surface area (Å²) < 4.78 is 0. The number of nitrogens with one attached hydrogen (secondary N) is 1. The minimum atomic E-state index is -0.808. The summed E-state index contributed by atoms with van der Waals surface area (Å²) in [6.07, 6.45) is 2.50. The van der Waals surface area contributed by atoms with Crippen LogP contribution in [0.2, 0.25) is 0 Å². The van der Waals surface area contributed by atoms with Crippen molar-refractivity contribution in [2.45, 2.75) is 12.8 Å². The molecule has 1 aromatic heterocycles. The lowest BCUT2D eigenvalue weighted by Crippen LogP contribution is -2.33. The van der Waals surface area contributed by atoms with E-state index in [2.05, 4.69) is 10.3 Å². The van der Waals surface area contributed by atoms with Crippen molar-refractivity contribution < 1.29 is 14.7 Å². The zero-order valence-corrected chi connectivity index (χ0v) is 9.94. The van der Waals surface area contributed by atoms with Gasteiger partial charge in [-0.1, -0.05) is 0 Å². The molecule has 0 aromatic carbocycles. The number of nitrogens with zero attached hydrogens (tertiary/aromatic N) is 2. The molecule has 1 aromatic rings. The first-order chi connectivity index (χ1) is 8.15. The summed E-state index contributed by atoms with van der Waals surface area (Å²) in [5.74, 6) is -0.744. The average molecular weight is 255 g/mol. The van der Waals surface area contributed by atoms with E-state index in [0.29, 0.717) is 18.2 Å². The Morgan fingerprint density at radius 2 is 2.47 bits per heavy atom. The van der Waals surface area contributed by atoms with Gasteiger partial charge in [0.1, 0.15) is 0 Å². The molecule has 1 unspecified atom stereocenters. The lowest BCUT2D eigenvalue weighted by molar-refractivity contribution is -0.138. The molecular weight excluding hydrogens is 242 g/mol. The van der Waals surface area contributed by atoms with Crippen molar-refractivity contribution in [3.05, 3.63) is 11.6 Å². The van der Waals surface area contributed by atoms with Gasteiger partial charge in [0.2, 0.25) is 0 Å². The highest BCUT2D eigenvalue weighted by Gasteiger charge is 2.27. The molecule has 92 valence electrons. The van der Waals surface area contributed by atoms with Crippen molar-refractivity contribution in [3.63, 3.8) is 0 Å². The molecule has 2 N–H and O–H groups in total. The van der Waals surface area contributed by atoms with Crippen LogP contribution >= 0.6 is 11.3 Å². The van der Waals surface area contributed by atoms with Crippen molar-refractivity contribution >= 4 is 28.5 Å². The summed E-state index contributed by atoms with van der Waals surface area (Å²) >= 11 is 1.36. The Morgan fingerprint density at radius 3 is 3.12 bits per heavy atom. The Bertz CT molecular complexity index is 407. The van der Waals surface area contributed by atoms with Crippen molar-refractivity contribution in [2.24, 2.45) is 5.92 Å². The molecule has 17 heavy (non-hydrogen) atoms. The molecular formula is C10H13N3O3S. The van der Waals surface area contributed by atoms with E-state index in [1.54, 1.807) is 16.5 Å². The number of carboxylic acid groups (broad SMARTS) is 1. The van der Waals surface area contributed by atoms with Gasteiger partial charge in [-0.2, -0.15) is 0 Å². The maximum atomic E-state index is 11.8. The van der Waals surface area contributed by atoms with E-state index in [4.69, 9.17) is 5.11 Å². The fourth-order valence-electron chi connectivity index (χ4n) is 1.89. The van der Waals surface area contributed by atoms with Crippen LogP contribution in [-0.4, -0.2) is 40.1 Å². The van der Waals surface area contributed by atoms with Gasteiger partial charge in [0, 0.05) is 31.1 Å². The number of aliphatic carboxylic acids is 1. The predicted molar refractivity (Wildman–Crippen MR) is 63.1 cm³/mol. The summed E-state index contributed by atoms with van der Waals surface area (Å²) in [5.41, 5.74) is 0. The number of carbonyl (C=O) groups excluding carboxylic acids is 1. The van der Waals surface area contributed by atoms with Gasteiger partial charge in [0.05, 0.1) is 0 Å². The molecule has 0 saturated carbocycles. The van der Waals surface area contributed by atoms with Gasteiger partial charge in [-0.25, -0.2) is 9.78 Å². The van der Waals surface area contributed by atoms with E-state index in [0.717, 1.165) is 6.42 Å². The smallest absolute Gasteiger partial charge is 0.323 e. The lowest BCUT2D eigenvalue weighted by Gasteiger charge is -2.15. The molecule has 1 atom stereocenters. The summed E-state index contributed by atoms with van der Waals surface area (Å²) in [7, 11) is 0. The average Bonchev–Trinajstić information content (AvgIpc) is 2.87. The van der Waals surface area contributed by atoms with E-state index >= 15 is 0 Å². The normalized spacial score (nSPS) is 19.3. The molecule has 1 saturated heterocycles. The van der Waals surface area contributed by atoms with E-state index in [-0.39, 0.29) is 18.4 Å². The fraction of sp³-hybridized carbons (Fsp3) is 0.500. The Balaban J connectivity index is 1.83. The zero-order chi connectivity index (χ0) is 12.3. The predicted octanol–water partition coefficient (Wildman–Crippen LogP) is 1.47. The van der Waals surface area contributed by atoms with Gasteiger partial charge in [-0.05, 0) is 12.3 Å². The highest BCUT2D eigenvalue weighted by molar-refractivity contribution is 7.13. The van der Waals surface area contributed by atoms with Gasteiger partial charge in [-0.3, -0.25) is 10.1 Å².